The molecule has 0 aromatic rings. The fraction of sp³-hybridized carbons (Fsp3) is 0.800. The monoisotopic (exact) mass is 298 g/mol. The molecule has 0 amide bonds. The molecule has 2 aliphatic rings. The molecule has 118 valence electrons. The molecule has 2 rings (SSSR count). The first-order valence-electron chi connectivity index (χ1n) is 7.32. The Balaban J connectivity index is 2.13. The number of rotatable bonds is 4. The summed E-state index contributed by atoms with van der Waals surface area (Å²) in [7, 11) is 2.56. The third-order valence-electron chi connectivity index (χ3n) is 4.85. The minimum Gasteiger partial charge on any atom is -0.468 e. The molecule has 2 fully saturated rings. The smallest absolute Gasteiger partial charge is 0.320 e. The summed E-state index contributed by atoms with van der Waals surface area (Å²) < 4.78 is 14.9. The Morgan fingerprint density at radius 1 is 0.905 bits per heavy atom. The Labute approximate surface area is 124 Å². The van der Waals surface area contributed by atoms with Gasteiger partial charge in [0.15, 0.2) is 5.92 Å². The van der Waals surface area contributed by atoms with E-state index in [9.17, 15) is 14.4 Å². The van der Waals surface area contributed by atoms with Crippen molar-refractivity contribution in [2.45, 2.75) is 38.7 Å². The van der Waals surface area contributed by atoms with E-state index in [0.717, 1.165) is 25.7 Å². The first-order valence-corrected chi connectivity index (χ1v) is 7.32. The second kappa shape index (κ2) is 6.45. The maximum atomic E-state index is 11.9. The lowest BCUT2D eigenvalue weighted by molar-refractivity contribution is -0.162. The van der Waals surface area contributed by atoms with Gasteiger partial charge < -0.3 is 14.2 Å². The molecule has 0 bridgehead atoms. The summed E-state index contributed by atoms with van der Waals surface area (Å²) in [6, 6.07) is 0. The molecule has 6 heteroatoms. The summed E-state index contributed by atoms with van der Waals surface area (Å²) in [5.74, 6) is -1.87. The van der Waals surface area contributed by atoms with Gasteiger partial charge in [-0.2, -0.15) is 0 Å². The standard InChI is InChI=1S/C15H22O6/c1-8(16)21-12-7-6-9-10(12)4-5-11(9)13(14(17)19-2)15(18)20-3/h9-13H,4-7H2,1-3H3/t9-,10-,11-,12-/m0/s1. The average Bonchev–Trinajstić information content (AvgIpc) is 3.02. The fourth-order valence-electron chi connectivity index (χ4n) is 4.06. The lowest BCUT2D eigenvalue weighted by Gasteiger charge is -2.24. The number of esters is 3. The van der Waals surface area contributed by atoms with E-state index in [4.69, 9.17) is 14.2 Å². The lowest BCUT2D eigenvalue weighted by Crippen LogP contribution is -2.35. The van der Waals surface area contributed by atoms with Gasteiger partial charge >= 0.3 is 17.9 Å². The number of methoxy groups -OCH3 is 2. The SMILES string of the molecule is COC(=O)C(C(=O)OC)[C@H]1CC[C@H]2[C@@H]1CC[C@@H]2OC(C)=O. The predicted octanol–water partition coefficient (Wildman–Crippen LogP) is 1.32. The van der Waals surface area contributed by atoms with Crippen LogP contribution in [0.3, 0.4) is 0 Å². The molecule has 2 aliphatic carbocycles. The molecule has 0 aromatic heterocycles. The van der Waals surface area contributed by atoms with Crippen molar-refractivity contribution >= 4 is 17.9 Å². The van der Waals surface area contributed by atoms with Gasteiger partial charge in [-0.25, -0.2) is 0 Å². The Kier molecular flexibility index (Phi) is 4.85. The zero-order valence-electron chi connectivity index (χ0n) is 12.7. The van der Waals surface area contributed by atoms with Gasteiger partial charge in [0.2, 0.25) is 0 Å². The Bertz CT molecular complexity index is 416. The van der Waals surface area contributed by atoms with E-state index < -0.39 is 17.9 Å². The largest absolute Gasteiger partial charge is 0.468 e. The molecule has 0 aromatic carbocycles. The Morgan fingerprint density at radius 3 is 2.00 bits per heavy atom. The van der Waals surface area contributed by atoms with E-state index in [1.54, 1.807) is 0 Å². The molecule has 2 saturated carbocycles. The average molecular weight is 298 g/mol. The van der Waals surface area contributed by atoms with Gasteiger partial charge in [0.1, 0.15) is 6.10 Å². The van der Waals surface area contributed by atoms with Crippen LogP contribution in [0.1, 0.15) is 32.6 Å². The van der Waals surface area contributed by atoms with Crippen molar-refractivity contribution in [3.63, 3.8) is 0 Å². The van der Waals surface area contributed by atoms with Crippen LogP contribution in [0.4, 0.5) is 0 Å². The van der Waals surface area contributed by atoms with E-state index in [-0.39, 0.29) is 29.8 Å². The number of ether oxygens (including phenoxy) is 3. The lowest BCUT2D eigenvalue weighted by atomic mass is 9.81. The van der Waals surface area contributed by atoms with Crippen LogP contribution in [0, 0.1) is 23.7 Å². The molecular weight excluding hydrogens is 276 g/mol. The molecule has 0 radical (unpaired) electrons. The van der Waals surface area contributed by atoms with Crippen molar-refractivity contribution in [3.05, 3.63) is 0 Å². The number of fused-ring (bicyclic) bond motifs is 1. The number of carbonyl (C=O) groups excluding carboxylic acids is 3. The minimum absolute atomic E-state index is 0.0875. The summed E-state index contributed by atoms with van der Waals surface area (Å²) in [5.41, 5.74) is 0. The fourth-order valence-corrected chi connectivity index (χ4v) is 4.06. The molecule has 0 saturated heterocycles. The summed E-state index contributed by atoms with van der Waals surface area (Å²) >= 11 is 0. The van der Waals surface area contributed by atoms with Crippen LogP contribution in [0.25, 0.3) is 0 Å². The second-order valence-electron chi connectivity index (χ2n) is 5.82. The van der Waals surface area contributed by atoms with Crippen LogP contribution < -0.4 is 0 Å². The van der Waals surface area contributed by atoms with Gasteiger partial charge in [-0.05, 0) is 43.4 Å². The van der Waals surface area contributed by atoms with Crippen molar-refractivity contribution in [1.29, 1.82) is 0 Å². The van der Waals surface area contributed by atoms with Gasteiger partial charge in [0.05, 0.1) is 14.2 Å². The van der Waals surface area contributed by atoms with Gasteiger partial charge in [-0.1, -0.05) is 0 Å². The quantitative estimate of drug-likeness (QED) is 0.442. The summed E-state index contributed by atoms with van der Waals surface area (Å²) in [4.78, 5) is 35.0. The van der Waals surface area contributed by atoms with Crippen molar-refractivity contribution in [2.75, 3.05) is 14.2 Å². The third-order valence-corrected chi connectivity index (χ3v) is 4.85. The zero-order chi connectivity index (χ0) is 15.6. The van der Waals surface area contributed by atoms with E-state index in [0.29, 0.717) is 0 Å². The second-order valence-corrected chi connectivity index (χ2v) is 5.82. The molecule has 0 N–H and O–H groups in total. The maximum absolute atomic E-state index is 11.9. The molecule has 21 heavy (non-hydrogen) atoms. The highest BCUT2D eigenvalue weighted by Crippen LogP contribution is 2.51. The van der Waals surface area contributed by atoms with Crippen molar-refractivity contribution in [3.8, 4) is 0 Å². The maximum Gasteiger partial charge on any atom is 0.320 e. The van der Waals surface area contributed by atoms with E-state index >= 15 is 0 Å². The van der Waals surface area contributed by atoms with Crippen LogP contribution in [-0.2, 0) is 28.6 Å². The van der Waals surface area contributed by atoms with E-state index in [1.807, 2.05) is 0 Å². The number of carbonyl (C=O) groups is 3. The molecule has 0 unspecified atom stereocenters. The number of hydrogen-bond acceptors (Lipinski definition) is 6. The first-order chi connectivity index (χ1) is 9.99. The predicted molar refractivity (Wildman–Crippen MR) is 72.0 cm³/mol. The normalized spacial score (nSPS) is 30.9. The van der Waals surface area contributed by atoms with Gasteiger partial charge in [0, 0.05) is 6.92 Å². The van der Waals surface area contributed by atoms with Crippen molar-refractivity contribution in [1.82, 2.24) is 0 Å². The van der Waals surface area contributed by atoms with Gasteiger partial charge in [-0.3, -0.25) is 14.4 Å². The molecule has 4 atom stereocenters. The minimum atomic E-state index is -0.869. The third kappa shape index (κ3) is 3.04. The van der Waals surface area contributed by atoms with Crippen LogP contribution >= 0.6 is 0 Å². The first kappa shape index (κ1) is 15.8. The number of hydrogen-bond donors (Lipinski definition) is 0. The molecule has 0 spiro atoms. The van der Waals surface area contributed by atoms with Gasteiger partial charge in [-0.15, -0.1) is 0 Å². The van der Waals surface area contributed by atoms with Crippen LogP contribution in [0.2, 0.25) is 0 Å². The summed E-state index contributed by atoms with van der Waals surface area (Å²) in [5, 5.41) is 0. The van der Waals surface area contributed by atoms with Crippen molar-refractivity contribution in [2.24, 2.45) is 23.7 Å². The van der Waals surface area contributed by atoms with Crippen molar-refractivity contribution < 1.29 is 28.6 Å². The van der Waals surface area contributed by atoms with Crippen LogP contribution in [0.15, 0.2) is 0 Å². The topological polar surface area (TPSA) is 78.9 Å². The van der Waals surface area contributed by atoms with Gasteiger partial charge in [0.25, 0.3) is 0 Å². The van der Waals surface area contributed by atoms with Crippen LogP contribution in [-0.4, -0.2) is 38.2 Å². The molecule has 0 aliphatic heterocycles. The highest BCUT2D eigenvalue weighted by Gasteiger charge is 2.52. The molecule has 6 nitrogen and oxygen atoms in total. The van der Waals surface area contributed by atoms with E-state index in [1.165, 1.54) is 21.1 Å². The van der Waals surface area contributed by atoms with Crippen LogP contribution in [0.5, 0.6) is 0 Å². The highest BCUT2D eigenvalue weighted by molar-refractivity contribution is 5.95. The Hall–Kier alpha value is -1.59. The Morgan fingerprint density at radius 2 is 1.48 bits per heavy atom. The molecule has 0 heterocycles. The molecular formula is C15H22O6. The highest BCUT2D eigenvalue weighted by atomic mass is 16.5. The van der Waals surface area contributed by atoms with E-state index in [2.05, 4.69) is 0 Å². The zero-order valence-corrected chi connectivity index (χ0v) is 12.7. The summed E-state index contributed by atoms with van der Waals surface area (Å²) in [6.07, 6.45) is 3.17. The summed E-state index contributed by atoms with van der Waals surface area (Å²) in [6.45, 7) is 1.41.